The van der Waals surface area contributed by atoms with E-state index < -0.39 is 11.9 Å². The first-order chi connectivity index (χ1) is 13.3. The van der Waals surface area contributed by atoms with E-state index in [1.54, 1.807) is 30.3 Å². The summed E-state index contributed by atoms with van der Waals surface area (Å²) in [5.41, 5.74) is 2.71. The zero-order valence-corrected chi connectivity index (χ0v) is 16.6. The van der Waals surface area contributed by atoms with Crippen LogP contribution >= 0.6 is 0 Å². The second kappa shape index (κ2) is 9.69. The van der Waals surface area contributed by atoms with Gasteiger partial charge in [0.15, 0.2) is 6.61 Å². The molecule has 0 aliphatic rings. The molecule has 0 saturated heterocycles. The largest absolute Gasteiger partial charge is 0.491 e. The Balaban J connectivity index is 1.81. The summed E-state index contributed by atoms with van der Waals surface area (Å²) in [6.07, 6.45) is 0.0424. The molecule has 0 aliphatic carbocycles. The first-order valence-corrected chi connectivity index (χ1v) is 9.07. The number of aryl methyl sites for hydroxylation is 2. The van der Waals surface area contributed by atoms with E-state index in [0.29, 0.717) is 16.9 Å². The molecule has 1 N–H and O–H groups in total. The van der Waals surface area contributed by atoms with Crippen LogP contribution in [0, 0.1) is 13.8 Å². The van der Waals surface area contributed by atoms with E-state index in [2.05, 4.69) is 5.32 Å². The number of benzene rings is 2. The molecule has 2 rings (SSSR count). The normalized spacial score (nSPS) is 10.5. The highest BCUT2D eigenvalue weighted by molar-refractivity contribution is 6.00. The predicted octanol–water partition coefficient (Wildman–Crippen LogP) is 3.25. The average molecular weight is 383 g/mol. The maximum Gasteiger partial charge on any atom is 0.325 e. The van der Waals surface area contributed by atoms with Gasteiger partial charge in [0.25, 0.3) is 5.91 Å². The molecule has 6 nitrogen and oxygen atoms in total. The molecule has 0 spiro atoms. The van der Waals surface area contributed by atoms with E-state index in [0.717, 1.165) is 11.1 Å². The Hall–Kier alpha value is -3.15. The van der Waals surface area contributed by atoms with E-state index in [1.165, 1.54) is 0 Å². The minimum atomic E-state index is -0.674. The van der Waals surface area contributed by atoms with Crippen molar-refractivity contribution in [1.82, 2.24) is 5.32 Å². The number of hydrogen-bond acceptors (Lipinski definition) is 5. The van der Waals surface area contributed by atoms with Crippen molar-refractivity contribution in [3.05, 3.63) is 64.7 Å². The monoisotopic (exact) mass is 383 g/mol. The van der Waals surface area contributed by atoms with Crippen LogP contribution in [0.5, 0.6) is 5.75 Å². The first-order valence-electron chi connectivity index (χ1n) is 9.07. The summed E-state index contributed by atoms with van der Waals surface area (Å²) in [5.74, 6) is -0.696. The van der Waals surface area contributed by atoms with Gasteiger partial charge < -0.3 is 14.8 Å². The second-order valence-corrected chi connectivity index (χ2v) is 6.78. The highest BCUT2D eigenvalue weighted by Gasteiger charge is 2.14. The van der Waals surface area contributed by atoms with Gasteiger partial charge in [-0.1, -0.05) is 17.7 Å². The molecule has 0 fully saturated rings. The molecule has 0 aliphatic heterocycles. The smallest absolute Gasteiger partial charge is 0.325 e. The van der Waals surface area contributed by atoms with Crippen LogP contribution in [0.3, 0.4) is 0 Å². The van der Waals surface area contributed by atoms with Crippen LogP contribution in [-0.4, -0.2) is 36.9 Å². The minimum Gasteiger partial charge on any atom is -0.491 e. The van der Waals surface area contributed by atoms with Gasteiger partial charge in [-0.25, -0.2) is 0 Å². The molecule has 148 valence electrons. The van der Waals surface area contributed by atoms with Crippen molar-refractivity contribution in [1.29, 1.82) is 0 Å². The molecule has 2 aromatic carbocycles. The Morgan fingerprint density at radius 1 is 1.00 bits per heavy atom. The van der Waals surface area contributed by atoms with Gasteiger partial charge in [-0.2, -0.15) is 0 Å². The molecule has 1 amide bonds. The van der Waals surface area contributed by atoms with Crippen molar-refractivity contribution in [2.75, 3.05) is 13.2 Å². The van der Waals surface area contributed by atoms with Crippen molar-refractivity contribution in [3.63, 3.8) is 0 Å². The lowest BCUT2D eigenvalue weighted by atomic mass is 10.0. The Morgan fingerprint density at radius 2 is 1.68 bits per heavy atom. The number of amides is 1. The summed E-state index contributed by atoms with van der Waals surface area (Å²) in [4.78, 5) is 36.1. The quantitative estimate of drug-likeness (QED) is 0.559. The van der Waals surface area contributed by atoms with E-state index in [9.17, 15) is 14.4 Å². The standard InChI is InChI=1S/C22H25NO5/c1-14(2)28-18-9-7-17(8-10-18)22(26)23-12-21(25)27-13-20(24)19-11-15(3)5-6-16(19)4/h5-11,14H,12-13H2,1-4H3,(H,23,26). The molecular formula is C22H25NO5. The summed E-state index contributed by atoms with van der Waals surface area (Å²) in [6.45, 7) is 6.86. The van der Waals surface area contributed by atoms with Gasteiger partial charge in [0, 0.05) is 11.1 Å². The Bertz CT molecular complexity index is 856. The number of ether oxygens (including phenoxy) is 2. The molecule has 0 saturated carbocycles. The highest BCUT2D eigenvalue weighted by Crippen LogP contribution is 2.14. The van der Waals surface area contributed by atoms with Crippen molar-refractivity contribution in [2.45, 2.75) is 33.8 Å². The Labute approximate surface area is 164 Å². The third-order valence-corrected chi connectivity index (χ3v) is 3.94. The van der Waals surface area contributed by atoms with E-state index in [-0.39, 0.29) is 25.0 Å². The zero-order valence-electron chi connectivity index (χ0n) is 16.6. The Morgan fingerprint density at radius 3 is 2.32 bits per heavy atom. The summed E-state index contributed by atoms with van der Waals surface area (Å²) in [6, 6.07) is 12.1. The van der Waals surface area contributed by atoms with Gasteiger partial charge in [-0.3, -0.25) is 14.4 Å². The third kappa shape index (κ3) is 6.23. The lowest BCUT2D eigenvalue weighted by Gasteiger charge is -2.10. The van der Waals surface area contributed by atoms with Crippen LogP contribution in [0.15, 0.2) is 42.5 Å². The molecular weight excluding hydrogens is 358 g/mol. The van der Waals surface area contributed by atoms with Crippen LogP contribution in [0.25, 0.3) is 0 Å². The van der Waals surface area contributed by atoms with Crippen LogP contribution in [-0.2, 0) is 9.53 Å². The number of carbonyl (C=O) groups is 3. The fourth-order valence-electron chi connectivity index (χ4n) is 2.52. The van der Waals surface area contributed by atoms with Crippen molar-refractivity contribution < 1.29 is 23.9 Å². The van der Waals surface area contributed by atoms with Crippen LogP contribution in [0.2, 0.25) is 0 Å². The maximum atomic E-state index is 12.2. The molecule has 0 aromatic heterocycles. The molecule has 0 bridgehead atoms. The molecule has 28 heavy (non-hydrogen) atoms. The summed E-state index contributed by atoms with van der Waals surface area (Å²) in [5, 5.41) is 2.48. The number of nitrogens with one attached hydrogen (secondary N) is 1. The topological polar surface area (TPSA) is 81.7 Å². The van der Waals surface area contributed by atoms with Crippen LogP contribution in [0.4, 0.5) is 0 Å². The van der Waals surface area contributed by atoms with Gasteiger partial charge in [-0.05, 0) is 63.6 Å². The van der Waals surface area contributed by atoms with Crippen molar-refractivity contribution >= 4 is 17.7 Å². The summed E-state index contributed by atoms with van der Waals surface area (Å²) in [7, 11) is 0. The Kier molecular flexibility index (Phi) is 7.32. The first kappa shape index (κ1) is 21.2. The molecule has 0 radical (unpaired) electrons. The SMILES string of the molecule is Cc1ccc(C)c(C(=O)COC(=O)CNC(=O)c2ccc(OC(C)C)cc2)c1. The molecule has 0 unspecified atom stereocenters. The van der Waals surface area contributed by atoms with Gasteiger partial charge in [-0.15, -0.1) is 0 Å². The van der Waals surface area contributed by atoms with Gasteiger partial charge >= 0.3 is 5.97 Å². The number of Topliss-reactive ketones (excluding diaryl/α,β-unsaturated/α-hetero) is 1. The lowest BCUT2D eigenvalue weighted by molar-refractivity contribution is -0.141. The van der Waals surface area contributed by atoms with Crippen molar-refractivity contribution in [3.8, 4) is 5.75 Å². The molecule has 2 aromatic rings. The highest BCUT2D eigenvalue weighted by atomic mass is 16.5. The van der Waals surface area contributed by atoms with E-state index in [4.69, 9.17) is 9.47 Å². The predicted molar refractivity (Wildman–Crippen MR) is 106 cm³/mol. The summed E-state index contributed by atoms with van der Waals surface area (Å²) >= 11 is 0. The number of rotatable bonds is 8. The van der Waals surface area contributed by atoms with Crippen LogP contribution in [0.1, 0.15) is 45.7 Å². The lowest BCUT2D eigenvalue weighted by Crippen LogP contribution is -2.31. The molecule has 0 heterocycles. The number of carbonyl (C=O) groups excluding carboxylic acids is 3. The fraction of sp³-hybridized carbons (Fsp3) is 0.318. The number of ketones is 1. The number of hydrogen-bond donors (Lipinski definition) is 1. The van der Waals surface area contributed by atoms with Gasteiger partial charge in [0.2, 0.25) is 5.78 Å². The second-order valence-electron chi connectivity index (χ2n) is 6.78. The zero-order chi connectivity index (χ0) is 20.7. The fourth-order valence-corrected chi connectivity index (χ4v) is 2.52. The molecule has 0 atom stereocenters. The van der Waals surface area contributed by atoms with Crippen LogP contribution < -0.4 is 10.1 Å². The van der Waals surface area contributed by atoms with Crippen molar-refractivity contribution in [2.24, 2.45) is 0 Å². The summed E-state index contributed by atoms with van der Waals surface area (Å²) < 4.78 is 10.5. The van der Waals surface area contributed by atoms with E-state index in [1.807, 2.05) is 39.8 Å². The maximum absolute atomic E-state index is 12.2. The minimum absolute atomic E-state index is 0.0424. The van der Waals surface area contributed by atoms with Gasteiger partial charge in [0.1, 0.15) is 12.3 Å². The number of esters is 1. The van der Waals surface area contributed by atoms with E-state index >= 15 is 0 Å². The molecule has 6 heteroatoms. The van der Waals surface area contributed by atoms with Gasteiger partial charge in [0.05, 0.1) is 6.10 Å². The average Bonchev–Trinajstić information content (AvgIpc) is 2.66. The third-order valence-electron chi connectivity index (χ3n) is 3.94.